The Bertz CT molecular complexity index is 748. The zero-order chi connectivity index (χ0) is 14.7. The third kappa shape index (κ3) is 3.40. The van der Waals surface area contributed by atoms with Crippen LogP contribution in [0.15, 0.2) is 52.2 Å². The largest absolute Gasteiger partial charge is 0.411 e. The first kappa shape index (κ1) is 14.0. The molecule has 3 aromatic rings. The highest BCUT2D eigenvalue weighted by Crippen LogP contribution is 2.26. The predicted molar refractivity (Wildman–Crippen MR) is 78.5 cm³/mol. The van der Waals surface area contributed by atoms with Crippen molar-refractivity contribution >= 4 is 23.4 Å². The van der Waals surface area contributed by atoms with Gasteiger partial charge in [0, 0.05) is 11.9 Å². The normalized spacial score (nSPS) is 10.8. The Kier molecular flexibility index (Phi) is 4.17. The second-order valence-corrected chi connectivity index (χ2v) is 5.44. The molecule has 0 aliphatic heterocycles. The number of thioether (sulfide) groups is 1. The Hall–Kier alpha value is -1.92. The lowest BCUT2D eigenvalue weighted by atomic mass is 10.2. The molecule has 0 N–H and O–H groups in total. The van der Waals surface area contributed by atoms with Crippen LogP contribution in [-0.4, -0.2) is 15.2 Å². The zero-order valence-electron chi connectivity index (χ0n) is 10.7. The van der Waals surface area contributed by atoms with Gasteiger partial charge < -0.3 is 4.42 Å². The van der Waals surface area contributed by atoms with E-state index in [0.717, 1.165) is 5.56 Å². The first-order valence-electron chi connectivity index (χ1n) is 6.04. The molecule has 0 fully saturated rings. The Morgan fingerprint density at radius 3 is 2.76 bits per heavy atom. The molecule has 0 unspecified atom stereocenters. The van der Waals surface area contributed by atoms with Crippen molar-refractivity contribution in [2.45, 2.75) is 11.0 Å². The van der Waals surface area contributed by atoms with Gasteiger partial charge in [-0.05, 0) is 23.8 Å². The van der Waals surface area contributed by atoms with E-state index in [1.54, 1.807) is 30.5 Å². The molecule has 0 atom stereocenters. The number of rotatable bonds is 4. The third-order valence-corrected chi connectivity index (χ3v) is 3.77. The number of benzene rings is 1. The second-order valence-electron chi connectivity index (χ2n) is 4.13. The minimum absolute atomic E-state index is 0.171. The van der Waals surface area contributed by atoms with Gasteiger partial charge in [-0.25, -0.2) is 9.37 Å². The van der Waals surface area contributed by atoms with Crippen LogP contribution in [0, 0.1) is 5.82 Å². The minimum Gasteiger partial charge on any atom is -0.411 e. The molecule has 0 aliphatic rings. The van der Waals surface area contributed by atoms with Crippen LogP contribution in [0.25, 0.3) is 11.5 Å². The summed E-state index contributed by atoms with van der Waals surface area (Å²) in [6.45, 7) is 0. The van der Waals surface area contributed by atoms with Crippen molar-refractivity contribution in [3.63, 3.8) is 0 Å². The van der Waals surface area contributed by atoms with Gasteiger partial charge in [0.1, 0.15) is 11.0 Å². The summed E-state index contributed by atoms with van der Waals surface area (Å²) in [6, 6.07) is 9.87. The molecule has 7 heteroatoms. The first-order valence-corrected chi connectivity index (χ1v) is 7.40. The molecule has 0 aliphatic carbocycles. The van der Waals surface area contributed by atoms with Gasteiger partial charge in [0.25, 0.3) is 11.1 Å². The fourth-order valence-corrected chi connectivity index (χ4v) is 2.46. The van der Waals surface area contributed by atoms with Crippen molar-refractivity contribution in [1.82, 2.24) is 15.2 Å². The van der Waals surface area contributed by atoms with Gasteiger partial charge >= 0.3 is 0 Å². The Labute approximate surface area is 129 Å². The van der Waals surface area contributed by atoms with Crippen molar-refractivity contribution in [1.29, 1.82) is 0 Å². The smallest absolute Gasteiger partial charge is 0.277 e. The maximum absolute atomic E-state index is 13.6. The quantitative estimate of drug-likeness (QED) is 0.532. The lowest BCUT2D eigenvalue weighted by Gasteiger charge is -1.98. The van der Waals surface area contributed by atoms with E-state index < -0.39 is 0 Å². The summed E-state index contributed by atoms with van der Waals surface area (Å²) in [5.41, 5.74) is 1.28. The molecule has 3 rings (SSSR count). The van der Waals surface area contributed by atoms with E-state index in [0.29, 0.717) is 21.7 Å². The van der Waals surface area contributed by atoms with Crippen LogP contribution in [0.1, 0.15) is 5.56 Å². The molecule has 2 aromatic heterocycles. The molecule has 0 bridgehead atoms. The van der Waals surface area contributed by atoms with Gasteiger partial charge in [0.05, 0.1) is 5.56 Å². The van der Waals surface area contributed by atoms with Crippen molar-refractivity contribution < 1.29 is 8.81 Å². The number of aromatic nitrogens is 3. The van der Waals surface area contributed by atoms with Crippen LogP contribution < -0.4 is 0 Å². The summed E-state index contributed by atoms with van der Waals surface area (Å²) < 4.78 is 19.1. The van der Waals surface area contributed by atoms with Gasteiger partial charge in [0.15, 0.2) is 0 Å². The van der Waals surface area contributed by atoms with Crippen molar-refractivity contribution in [3.8, 4) is 11.5 Å². The van der Waals surface area contributed by atoms with E-state index >= 15 is 0 Å². The molecular weight excluding hydrogens is 313 g/mol. The second kappa shape index (κ2) is 6.24. The van der Waals surface area contributed by atoms with E-state index in [1.807, 2.05) is 6.07 Å². The predicted octanol–water partition coefficient (Wildman–Crippen LogP) is 4.22. The van der Waals surface area contributed by atoms with Crippen LogP contribution in [0.2, 0.25) is 5.15 Å². The molecule has 0 spiro atoms. The molecule has 0 amide bonds. The Morgan fingerprint density at radius 1 is 1.14 bits per heavy atom. The summed E-state index contributed by atoms with van der Waals surface area (Å²) in [5, 5.41) is 8.58. The lowest BCUT2D eigenvalue weighted by Crippen LogP contribution is -1.83. The van der Waals surface area contributed by atoms with E-state index in [9.17, 15) is 4.39 Å². The average molecular weight is 322 g/mol. The highest BCUT2D eigenvalue weighted by atomic mass is 35.5. The number of hydrogen-bond acceptors (Lipinski definition) is 5. The summed E-state index contributed by atoms with van der Waals surface area (Å²) in [6.07, 6.45) is 1.68. The molecule has 0 saturated heterocycles. The van der Waals surface area contributed by atoms with Crippen LogP contribution in [-0.2, 0) is 5.75 Å². The van der Waals surface area contributed by atoms with Crippen molar-refractivity contribution in [2.24, 2.45) is 0 Å². The van der Waals surface area contributed by atoms with Gasteiger partial charge in [-0.3, -0.25) is 0 Å². The number of nitrogens with zero attached hydrogens (tertiary/aromatic N) is 3. The SMILES string of the molecule is Fc1ccccc1-c1nnc(SCc2ccc(Cl)nc2)o1. The minimum atomic E-state index is -0.389. The number of pyridine rings is 1. The standard InChI is InChI=1S/C14H9ClFN3OS/c15-12-6-5-9(7-17-12)8-21-14-19-18-13(20-14)10-3-1-2-4-11(10)16/h1-7H,8H2. The molecule has 21 heavy (non-hydrogen) atoms. The van der Waals surface area contributed by atoms with Crippen LogP contribution >= 0.6 is 23.4 Å². The van der Waals surface area contributed by atoms with Gasteiger partial charge in [-0.1, -0.05) is 41.6 Å². The van der Waals surface area contributed by atoms with Crippen molar-refractivity contribution in [2.75, 3.05) is 0 Å². The highest BCUT2D eigenvalue weighted by molar-refractivity contribution is 7.98. The molecule has 0 saturated carbocycles. The van der Waals surface area contributed by atoms with Crippen LogP contribution in [0.3, 0.4) is 0 Å². The van der Waals surface area contributed by atoms with Crippen molar-refractivity contribution in [3.05, 3.63) is 59.1 Å². The number of halogens is 2. The molecule has 4 nitrogen and oxygen atoms in total. The molecule has 0 radical (unpaired) electrons. The van der Waals surface area contributed by atoms with E-state index in [1.165, 1.54) is 17.8 Å². The number of hydrogen-bond donors (Lipinski definition) is 0. The van der Waals surface area contributed by atoms with E-state index in [4.69, 9.17) is 16.0 Å². The monoisotopic (exact) mass is 321 g/mol. The maximum atomic E-state index is 13.6. The van der Waals surface area contributed by atoms with Gasteiger partial charge in [-0.2, -0.15) is 0 Å². The van der Waals surface area contributed by atoms with Crippen LogP contribution in [0.5, 0.6) is 0 Å². The third-order valence-electron chi connectivity index (χ3n) is 2.66. The van der Waals surface area contributed by atoms with E-state index in [-0.39, 0.29) is 11.7 Å². The Morgan fingerprint density at radius 2 is 2.00 bits per heavy atom. The van der Waals surface area contributed by atoms with E-state index in [2.05, 4.69) is 15.2 Å². The summed E-state index contributed by atoms with van der Waals surface area (Å²) in [4.78, 5) is 3.99. The summed E-state index contributed by atoms with van der Waals surface area (Å²) in [7, 11) is 0. The van der Waals surface area contributed by atoms with Crippen LogP contribution in [0.4, 0.5) is 4.39 Å². The zero-order valence-corrected chi connectivity index (χ0v) is 12.2. The fraction of sp³-hybridized carbons (Fsp3) is 0.0714. The molecule has 106 valence electrons. The lowest BCUT2D eigenvalue weighted by molar-refractivity contribution is 0.463. The highest BCUT2D eigenvalue weighted by Gasteiger charge is 2.12. The fourth-order valence-electron chi connectivity index (χ4n) is 1.65. The first-order chi connectivity index (χ1) is 10.2. The van der Waals surface area contributed by atoms with Gasteiger partial charge in [-0.15, -0.1) is 10.2 Å². The van der Waals surface area contributed by atoms with Gasteiger partial charge in [0.2, 0.25) is 0 Å². The maximum Gasteiger partial charge on any atom is 0.277 e. The average Bonchev–Trinajstić information content (AvgIpc) is 2.96. The summed E-state index contributed by atoms with van der Waals surface area (Å²) >= 11 is 7.08. The molecule has 2 heterocycles. The topological polar surface area (TPSA) is 51.8 Å². The Balaban J connectivity index is 1.71. The molecule has 1 aromatic carbocycles. The summed E-state index contributed by atoms with van der Waals surface area (Å²) in [5.74, 6) is 0.396. The molecular formula is C14H9ClFN3OS.